The largest absolute Gasteiger partial charge is 0.438 e. The first-order valence-corrected chi connectivity index (χ1v) is 15.7. The standard InChI is InChI=1S/C43H27N3O/c1-3-13-28(14-4-1)37-27-38(29-15-5-2-6-16-29)45-42(44-37)33-20-12-18-31(26-33)30-17-11-19-32(25-30)40-34-21-7-9-23-36(34)46-43-41(40)35-22-8-10-24-39(35)47-43/h1-27H. The summed E-state index contributed by atoms with van der Waals surface area (Å²) in [6.07, 6.45) is 0. The average molecular weight is 602 g/mol. The van der Waals surface area contributed by atoms with Crippen molar-refractivity contribution in [2.75, 3.05) is 0 Å². The summed E-state index contributed by atoms with van der Waals surface area (Å²) in [4.78, 5) is 15.0. The molecule has 9 aromatic rings. The smallest absolute Gasteiger partial charge is 0.228 e. The van der Waals surface area contributed by atoms with Gasteiger partial charge in [0, 0.05) is 33.0 Å². The molecule has 4 nitrogen and oxygen atoms in total. The SMILES string of the molecule is c1ccc(-c2cc(-c3ccccc3)nc(-c3cccc(-c4cccc(-c5c6ccccc6nc6oc7ccccc7c56)c4)c3)n2)cc1. The summed E-state index contributed by atoms with van der Waals surface area (Å²) in [6, 6.07) is 56.3. The zero-order valence-corrected chi connectivity index (χ0v) is 25.3. The van der Waals surface area contributed by atoms with Crippen LogP contribution in [-0.4, -0.2) is 15.0 Å². The quantitative estimate of drug-likeness (QED) is 0.197. The van der Waals surface area contributed by atoms with E-state index in [2.05, 4.69) is 103 Å². The molecule has 4 heteroatoms. The Hall–Kier alpha value is -6.39. The van der Waals surface area contributed by atoms with Crippen molar-refractivity contribution >= 4 is 33.0 Å². The number of fused-ring (bicyclic) bond motifs is 4. The lowest BCUT2D eigenvalue weighted by Gasteiger charge is -2.12. The Labute approximate surface area is 271 Å². The lowest BCUT2D eigenvalue weighted by Crippen LogP contribution is -1.96. The summed E-state index contributed by atoms with van der Waals surface area (Å²) in [5.41, 5.74) is 11.7. The highest BCUT2D eigenvalue weighted by molar-refractivity contribution is 6.18. The molecule has 0 unspecified atom stereocenters. The van der Waals surface area contributed by atoms with Crippen LogP contribution >= 0.6 is 0 Å². The van der Waals surface area contributed by atoms with Crippen LogP contribution in [0.15, 0.2) is 168 Å². The second-order valence-electron chi connectivity index (χ2n) is 11.6. The molecule has 0 aliphatic carbocycles. The van der Waals surface area contributed by atoms with Crippen molar-refractivity contribution < 1.29 is 4.42 Å². The Bertz CT molecular complexity index is 2510. The minimum Gasteiger partial charge on any atom is -0.438 e. The third kappa shape index (κ3) is 4.84. The van der Waals surface area contributed by atoms with Gasteiger partial charge >= 0.3 is 0 Å². The number of pyridine rings is 1. The predicted molar refractivity (Wildman–Crippen MR) is 192 cm³/mol. The monoisotopic (exact) mass is 601 g/mol. The second-order valence-corrected chi connectivity index (χ2v) is 11.6. The van der Waals surface area contributed by atoms with Gasteiger partial charge in [0.05, 0.1) is 22.3 Å². The molecule has 0 saturated carbocycles. The molecular weight excluding hydrogens is 574 g/mol. The van der Waals surface area contributed by atoms with E-state index in [1.807, 2.05) is 60.7 Å². The zero-order chi connectivity index (χ0) is 31.2. The third-order valence-corrected chi connectivity index (χ3v) is 8.69. The van der Waals surface area contributed by atoms with E-state index in [-0.39, 0.29) is 0 Å². The lowest BCUT2D eigenvalue weighted by molar-refractivity contribution is 0.656. The Kier molecular flexibility index (Phi) is 6.43. The molecule has 9 rings (SSSR count). The molecule has 6 aromatic carbocycles. The maximum absolute atomic E-state index is 6.26. The fourth-order valence-electron chi connectivity index (χ4n) is 6.46. The van der Waals surface area contributed by atoms with Crippen molar-refractivity contribution in [3.05, 3.63) is 164 Å². The van der Waals surface area contributed by atoms with Crippen LogP contribution in [0.3, 0.4) is 0 Å². The molecule has 0 radical (unpaired) electrons. The molecule has 3 aromatic heterocycles. The fraction of sp³-hybridized carbons (Fsp3) is 0. The van der Waals surface area contributed by atoms with Crippen LogP contribution in [-0.2, 0) is 0 Å². The van der Waals surface area contributed by atoms with Crippen molar-refractivity contribution in [1.82, 2.24) is 15.0 Å². The topological polar surface area (TPSA) is 51.8 Å². The summed E-state index contributed by atoms with van der Waals surface area (Å²) >= 11 is 0. The van der Waals surface area contributed by atoms with Gasteiger partial charge in [-0.2, -0.15) is 0 Å². The molecule has 0 saturated heterocycles. The average Bonchev–Trinajstić information content (AvgIpc) is 3.52. The van der Waals surface area contributed by atoms with Gasteiger partial charge in [-0.15, -0.1) is 0 Å². The van der Waals surface area contributed by atoms with Gasteiger partial charge in [0.2, 0.25) is 5.71 Å². The van der Waals surface area contributed by atoms with Crippen LogP contribution in [0, 0.1) is 0 Å². The molecule has 0 amide bonds. The summed E-state index contributed by atoms with van der Waals surface area (Å²) in [6.45, 7) is 0. The van der Waals surface area contributed by atoms with E-state index < -0.39 is 0 Å². The van der Waals surface area contributed by atoms with Gasteiger partial charge in [-0.3, -0.25) is 0 Å². The van der Waals surface area contributed by atoms with Crippen LogP contribution in [0.25, 0.3) is 89.1 Å². The molecule has 0 bridgehead atoms. The van der Waals surface area contributed by atoms with Crippen LogP contribution in [0.4, 0.5) is 0 Å². The molecule has 220 valence electrons. The van der Waals surface area contributed by atoms with Crippen LogP contribution in [0.5, 0.6) is 0 Å². The van der Waals surface area contributed by atoms with Gasteiger partial charge in [-0.25, -0.2) is 15.0 Å². The number of nitrogens with zero attached hydrogens (tertiary/aromatic N) is 3. The van der Waals surface area contributed by atoms with E-state index in [1.54, 1.807) is 0 Å². The number of benzene rings is 6. The first kappa shape index (κ1) is 27.0. The van der Waals surface area contributed by atoms with E-state index in [4.69, 9.17) is 19.4 Å². The summed E-state index contributed by atoms with van der Waals surface area (Å²) in [5, 5.41) is 3.19. The number of para-hydroxylation sites is 2. The van der Waals surface area contributed by atoms with E-state index >= 15 is 0 Å². The maximum Gasteiger partial charge on any atom is 0.228 e. The molecule has 0 fully saturated rings. The minimum absolute atomic E-state index is 0.650. The zero-order valence-electron chi connectivity index (χ0n) is 25.3. The van der Waals surface area contributed by atoms with E-state index in [1.165, 1.54) is 0 Å². The Morgan fingerprint density at radius 2 is 0.915 bits per heavy atom. The first-order chi connectivity index (χ1) is 23.3. The minimum atomic E-state index is 0.650. The molecule has 47 heavy (non-hydrogen) atoms. The number of hydrogen-bond donors (Lipinski definition) is 0. The number of rotatable bonds is 5. The maximum atomic E-state index is 6.26. The second kappa shape index (κ2) is 11.2. The highest BCUT2D eigenvalue weighted by Crippen LogP contribution is 2.41. The molecule has 0 N–H and O–H groups in total. The number of furan rings is 1. The van der Waals surface area contributed by atoms with Crippen molar-refractivity contribution in [1.29, 1.82) is 0 Å². The highest BCUT2D eigenvalue weighted by Gasteiger charge is 2.18. The summed E-state index contributed by atoms with van der Waals surface area (Å²) < 4.78 is 6.26. The Balaban J connectivity index is 1.20. The number of aromatic nitrogens is 3. The molecule has 0 aliphatic heterocycles. The van der Waals surface area contributed by atoms with Crippen molar-refractivity contribution in [3.63, 3.8) is 0 Å². The van der Waals surface area contributed by atoms with Crippen molar-refractivity contribution in [3.8, 4) is 56.2 Å². The van der Waals surface area contributed by atoms with E-state index in [0.717, 1.165) is 77.6 Å². The van der Waals surface area contributed by atoms with Crippen LogP contribution in [0.2, 0.25) is 0 Å². The molecule has 0 atom stereocenters. The van der Waals surface area contributed by atoms with E-state index in [0.29, 0.717) is 11.5 Å². The third-order valence-electron chi connectivity index (χ3n) is 8.69. The van der Waals surface area contributed by atoms with Gasteiger partial charge < -0.3 is 4.42 Å². The molecular formula is C43H27N3O. The fourth-order valence-corrected chi connectivity index (χ4v) is 6.46. The van der Waals surface area contributed by atoms with Gasteiger partial charge in [0.1, 0.15) is 5.58 Å². The molecule has 0 spiro atoms. The summed E-state index contributed by atoms with van der Waals surface area (Å²) in [5.74, 6) is 0.690. The normalized spacial score (nSPS) is 11.4. The molecule has 0 aliphatic rings. The Morgan fingerprint density at radius 1 is 0.383 bits per heavy atom. The Morgan fingerprint density at radius 3 is 1.62 bits per heavy atom. The predicted octanol–water partition coefficient (Wildman–Crippen LogP) is 11.3. The number of hydrogen-bond acceptors (Lipinski definition) is 4. The van der Waals surface area contributed by atoms with Gasteiger partial charge in [0.15, 0.2) is 5.82 Å². The van der Waals surface area contributed by atoms with Crippen LogP contribution < -0.4 is 0 Å². The van der Waals surface area contributed by atoms with Crippen molar-refractivity contribution in [2.24, 2.45) is 0 Å². The van der Waals surface area contributed by atoms with E-state index in [9.17, 15) is 0 Å². The van der Waals surface area contributed by atoms with Crippen LogP contribution in [0.1, 0.15) is 0 Å². The highest BCUT2D eigenvalue weighted by atomic mass is 16.3. The van der Waals surface area contributed by atoms with Gasteiger partial charge in [-0.05, 0) is 47.0 Å². The summed E-state index contributed by atoms with van der Waals surface area (Å²) in [7, 11) is 0. The molecule has 3 heterocycles. The van der Waals surface area contributed by atoms with Crippen molar-refractivity contribution in [2.45, 2.75) is 0 Å². The lowest BCUT2D eigenvalue weighted by atomic mass is 9.93. The first-order valence-electron chi connectivity index (χ1n) is 15.7. The van der Waals surface area contributed by atoms with Gasteiger partial charge in [-0.1, -0.05) is 133 Å². The van der Waals surface area contributed by atoms with Gasteiger partial charge in [0.25, 0.3) is 0 Å².